The molecule has 1 aromatic heterocycles. The van der Waals surface area contributed by atoms with Crippen molar-refractivity contribution in [3.05, 3.63) is 30.1 Å². The van der Waals surface area contributed by atoms with E-state index in [1.807, 2.05) is 12.1 Å². The van der Waals surface area contributed by atoms with Crippen molar-refractivity contribution in [2.24, 2.45) is 0 Å². The van der Waals surface area contributed by atoms with Gasteiger partial charge >= 0.3 is 5.97 Å². The average Bonchev–Trinajstić information content (AvgIpc) is 2.15. The number of hydrogen-bond acceptors (Lipinski definition) is 3. The summed E-state index contributed by atoms with van der Waals surface area (Å²) in [5.41, 5.74) is 0.997. The van der Waals surface area contributed by atoms with Crippen molar-refractivity contribution in [1.82, 2.24) is 4.98 Å². The largest absolute Gasteiger partial charge is 0.481 e. The van der Waals surface area contributed by atoms with E-state index in [1.165, 1.54) is 0 Å². The van der Waals surface area contributed by atoms with Gasteiger partial charge in [0.2, 0.25) is 0 Å². The first-order chi connectivity index (χ1) is 6.68. The van der Waals surface area contributed by atoms with Gasteiger partial charge in [0.1, 0.15) is 0 Å². The first kappa shape index (κ1) is 10.7. The molecule has 1 heterocycles. The number of carboxylic acids is 1. The van der Waals surface area contributed by atoms with Crippen LogP contribution in [-0.4, -0.2) is 22.2 Å². The Morgan fingerprint density at radius 3 is 2.79 bits per heavy atom. The summed E-state index contributed by atoms with van der Waals surface area (Å²) in [6, 6.07) is 3.68. The quantitative estimate of drug-likeness (QED) is 0.772. The van der Waals surface area contributed by atoms with Gasteiger partial charge in [-0.2, -0.15) is 0 Å². The Bertz CT molecular complexity index is 287. The van der Waals surface area contributed by atoms with Gasteiger partial charge in [-0.25, -0.2) is 0 Å². The van der Waals surface area contributed by atoms with Crippen LogP contribution in [0, 0.1) is 0 Å². The van der Waals surface area contributed by atoms with E-state index in [2.05, 4.69) is 4.98 Å². The molecular weight excluding hydrogens is 182 g/mol. The molecule has 0 aromatic carbocycles. The fraction of sp³-hybridized carbons (Fsp3) is 0.400. The predicted octanol–water partition coefficient (Wildman–Crippen LogP) is 1.46. The lowest BCUT2D eigenvalue weighted by Gasteiger charge is -2.10. The smallest absolute Gasteiger partial charge is 0.305 e. The second-order valence-electron chi connectivity index (χ2n) is 3.07. The lowest BCUT2D eigenvalue weighted by Crippen LogP contribution is -2.13. The summed E-state index contributed by atoms with van der Waals surface area (Å²) in [7, 11) is 0. The highest BCUT2D eigenvalue weighted by Gasteiger charge is 2.07. The number of ether oxygens (including phenoxy) is 1. The van der Waals surface area contributed by atoms with E-state index in [-0.39, 0.29) is 12.5 Å². The summed E-state index contributed by atoms with van der Waals surface area (Å²) in [5, 5.41) is 8.49. The summed E-state index contributed by atoms with van der Waals surface area (Å²) in [6.07, 6.45) is 3.13. The Labute approximate surface area is 82.5 Å². The van der Waals surface area contributed by atoms with Gasteiger partial charge in [-0.1, -0.05) is 0 Å². The number of hydrogen-bond donors (Lipinski definition) is 1. The second-order valence-corrected chi connectivity index (χ2v) is 3.07. The molecule has 1 N–H and O–H groups in total. The maximum Gasteiger partial charge on any atom is 0.305 e. The van der Waals surface area contributed by atoms with Crippen molar-refractivity contribution >= 4 is 5.97 Å². The summed E-state index contributed by atoms with van der Waals surface area (Å²) in [4.78, 5) is 14.2. The van der Waals surface area contributed by atoms with Crippen LogP contribution in [0.5, 0.6) is 0 Å². The molecule has 14 heavy (non-hydrogen) atoms. The van der Waals surface area contributed by atoms with Gasteiger partial charge in [0.15, 0.2) is 0 Å². The van der Waals surface area contributed by atoms with Gasteiger partial charge in [0.25, 0.3) is 0 Å². The third-order valence-electron chi connectivity index (χ3n) is 1.75. The fourth-order valence-corrected chi connectivity index (χ4v) is 1.02. The highest BCUT2D eigenvalue weighted by Crippen LogP contribution is 2.04. The Hall–Kier alpha value is -1.42. The maximum atomic E-state index is 10.3. The fourth-order valence-electron chi connectivity index (χ4n) is 1.02. The van der Waals surface area contributed by atoms with Crippen LogP contribution < -0.4 is 0 Å². The second kappa shape index (κ2) is 5.34. The molecule has 0 aliphatic heterocycles. The number of aromatic nitrogens is 1. The molecule has 0 amide bonds. The summed E-state index contributed by atoms with van der Waals surface area (Å²) in [5.74, 6) is -0.841. The molecule has 0 aliphatic rings. The average molecular weight is 195 g/mol. The van der Waals surface area contributed by atoms with Gasteiger partial charge in [-0.3, -0.25) is 9.78 Å². The van der Waals surface area contributed by atoms with Crippen LogP contribution in [0.4, 0.5) is 0 Å². The minimum absolute atomic E-state index is 0.0328. The van der Waals surface area contributed by atoms with Crippen LogP contribution in [0.15, 0.2) is 24.5 Å². The molecule has 0 fully saturated rings. The van der Waals surface area contributed by atoms with Crippen LogP contribution in [0.2, 0.25) is 0 Å². The van der Waals surface area contributed by atoms with Gasteiger partial charge in [-0.15, -0.1) is 0 Å². The van der Waals surface area contributed by atoms with Crippen LogP contribution in [0.1, 0.15) is 18.9 Å². The Morgan fingerprint density at radius 1 is 1.57 bits per heavy atom. The molecule has 0 saturated heterocycles. The van der Waals surface area contributed by atoms with E-state index in [1.54, 1.807) is 19.3 Å². The minimum Gasteiger partial charge on any atom is -0.481 e. The number of rotatable bonds is 5. The van der Waals surface area contributed by atoms with E-state index in [0.717, 1.165) is 5.56 Å². The Morgan fingerprint density at radius 2 is 2.21 bits per heavy atom. The molecule has 0 aliphatic carbocycles. The van der Waals surface area contributed by atoms with Crippen molar-refractivity contribution in [2.75, 3.05) is 0 Å². The van der Waals surface area contributed by atoms with Gasteiger partial charge in [0.05, 0.1) is 19.1 Å². The van der Waals surface area contributed by atoms with Gasteiger partial charge in [-0.05, 0) is 24.6 Å². The molecule has 0 saturated carbocycles. The topological polar surface area (TPSA) is 59.4 Å². The predicted molar refractivity (Wildman–Crippen MR) is 50.7 cm³/mol. The summed E-state index contributed by atoms with van der Waals surface area (Å²) >= 11 is 0. The highest BCUT2D eigenvalue weighted by molar-refractivity contribution is 5.67. The van der Waals surface area contributed by atoms with E-state index in [4.69, 9.17) is 9.84 Å². The number of aliphatic carboxylic acids is 1. The Kier molecular flexibility index (Phi) is 4.07. The van der Waals surface area contributed by atoms with Gasteiger partial charge in [0, 0.05) is 12.4 Å². The summed E-state index contributed by atoms with van der Waals surface area (Å²) < 4.78 is 5.33. The van der Waals surface area contributed by atoms with Gasteiger partial charge < -0.3 is 9.84 Å². The van der Waals surface area contributed by atoms with Crippen molar-refractivity contribution in [2.45, 2.75) is 26.1 Å². The molecule has 0 bridgehead atoms. The highest BCUT2D eigenvalue weighted by atomic mass is 16.5. The lowest BCUT2D eigenvalue weighted by molar-refractivity contribution is -0.140. The zero-order valence-electron chi connectivity index (χ0n) is 8.01. The van der Waals surface area contributed by atoms with Crippen molar-refractivity contribution in [1.29, 1.82) is 0 Å². The molecule has 1 rings (SSSR count). The zero-order chi connectivity index (χ0) is 10.4. The van der Waals surface area contributed by atoms with Crippen molar-refractivity contribution < 1.29 is 14.6 Å². The van der Waals surface area contributed by atoms with E-state index < -0.39 is 5.97 Å². The number of nitrogens with zero attached hydrogens (tertiary/aromatic N) is 1. The Balaban J connectivity index is 2.30. The van der Waals surface area contributed by atoms with E-state index in [0.29, 0.717) is 6.61 Å². The van der Waals surface area contributed by atoms with Crippen molar-refractivity contribution in [3.63, 3.8) is 0 Å². The molecule has 1 aromatic rings. The van der Waals surface area contributed by atoms with Crippen LogP contribution in [0.3, 0.4) is 0 Å². The third kappa shape index (κ3) is 4.00. The van der Waals surface area contributed by atoms with E-state index >= 15 is 0 Å². The number of pyridine rings is 1. The summed E-state index contributed by atoms with van der Waals surface area (Å²) in [6.45, 7) is 2.17. The van der Waals surface area contributed by atoms with E-state index in [9.17, 15) is 4.79 Å². The first-order valence-corrected chi connectivity index (χ1v) is 4.41. The molecule has 4 heteroatoms. The van der Waals surface area contributed by atoms with Crippen LogP contribution >= 0.6 is 0 Å². The van der Waals surface area contributed by atoms with Crippen LogP contribution in [-0.2, 0) is 16.1 Å². The lowest BCUT2D eigenvalue weighted by atomic mass is 10.2. The van der Waals surface area contributed by atoms with Crippen LogP contribution in [0.25, 0.3) is 0 Å². The first-order valence-electron chi connectivity index (χ1n) is 4.41. The zero-order valence-corrected chi connectivity index (χ0v) is 8.01. The molecule has 4 nitrogen and oxygen atoms in total. The molecule has 0 radical (unpaired) electrons. The third-order valence-corrected chi connectivity index (χ3v) is 1.75. The normalized spacial score (nSPS) is 12.4. The molecule has 1 atom stereocenters. The monoisotopic (exact) mass is 195 g/mol. The molecular formula is C10H13NO3. The standard InChI is InChI=1S/C10H13NO3/c1-8(6-10(12)13)14-7-9-2-4-11-5-3-9/h2-5,8H,6-7H2,1H3,(H,12,13)/t8-/m0/s1. The molecule has 76 valence electrons. The number of carbonyl (C=O) groups is 1. The molecule has 0 spiro atoms. The number of carboxylic acid groups (broad SMARTS) is 1. The SMILES string of the molecule is C[C@@H](CC(=O)O)OCc1ccncc1. The maximum absolute atomic E-state index is 10.3. The molecule has 0 unspecified atom stereocenters. The minimum atomic E-state index is -0.841. The van der Waals surface area contributed by atoms with Crippen molar-refractivity contribution in [3.8, 4) is 0 Å².